The number of benzene rings is 3. The number of allylic oxidation sites excluding steroid dienone is 2. The minimum absolute atomic E-state index is 0.0793. The number of fused-ring (bicyclic) bond motifs is 3. The van der Waals surface area contributed by atoms with Crippen molar-refractivity contribution in [2.45, 2.75) is 31.1 Å². The standard InChI is InChI=1S/C29H29N3OS/c1-20(31-32-28(33)19-34-18-21-9-4-2-5-10-21)23-15-16-27-26(17-23)24-13-8-14-25(24)29(30-27)22-11-6-3-7-12-22/h2-13,15-17,24-25,29-30H,14,18-19H2,1H3,(H,32,33)/b31-20-/t24-,25+,29+/m1/s1. The van der Waals surface area contributed by atoms with Crippen LogP contribution in [0.5, 0.6) is 0 Å². The second-order valence-electron chi connectivity index (χ2n) is 8.90. The molecule has 0 unspecified atom stereocenters. The molecule has 2 aliphatic rings. The van der Waals surface area contributed by atoms with Crippen LogP contribution in [0.3, 0.4) is 0 Å². The molecule has 1 aliphatic carbocycles. The number of nitrogens with zero attached hydrogens (tertiary/aromatic N) is 1. The van der Waals surface area contributed by atoms with Gasteiger partial charge in [0.05, 0.1) is 17.5 Å². The van der Waals surface area contributed by atoms with E-state index in [9.17, 15) is 4.79 Å². The lowest BCUT2D eigenvalue weighted by Crippen LogP contribution is -2.29. The van der Waals surface area contributed by atoms with Crippen LogP contribution in [0.4, 0.5) is 5.69 Å². The zero-order valence-corrected chi connectivity index (χ0v) is 20.1. The molecular formula is C29H29N3OS. The Morgan fingerprint density at radius 2 is 1.82 bits per heavy atom. The molecule has 0 aromatic heterocycles. The molecule has 5 rings (SSSR count). The number of rotatable bonds is 7. The Morgan fingerprint density at radius 3 is 2.62 bits per heavy atom. The number of nitrogens with one attached hydrogen (secondary N) is 2. The predicted molar refractivity (Wildman–Crippen MR) is 142 cm³/mol. The predicted octanol–water partition coefficient (Wildman–Crippen LogP) is 6.29. The van der Waals surface area contributed by atoms with Gasteiger partial charge in [-0.2, -0.15) is 5.10 Å². The third kappa shape index (κ3) is 4.95. The van der Waals surface area contributed by atoms with Crippen molar-refractivity contribution in [1.82, 2.24) is 5.43 Å². The highest BCUT2D eigenvalue weighted by Crippen LogP contribution is 2.49. The van der Waals surface area contributed by atoms with E-state index in [-0.39, 0.29) is 5.91 Å². The van der Waals surface area contributed by atoms with E-state index < -0.39 is 0 Å². The lowest BCUT2D eigenvalue weighted by molar-refractivity contribution is -0.118. The third-order valence-corrected chi connectivity index (χ3v) is 7.64. The summed E-state index contributed by atoms with van der Waals surface area (Å²) in [6.07, 6.45) is 5.73. The average Bonchev–Trinajstić information content (AvgIpc) is 3.38. The minimum Gasteiger partial charge on any atom is -0.378 e. The van der Waals surface area contributed by atoms with Gasteiger partial charge in [-0.25, -0.2) is 5.43 Å². The molecule has 1 amide bonds. The Hall–Kier alpha value is -3.31. The maximum Gasteiger partial charge on any atom is 0.250 e. The molecular weight excluding hydrogens is 438 g/mol. The summed E-state index contributed by atoms with van der Waals surface area (Å²) in [5.74, 6) is 2.01. The van der Waals surface area contributed by atoms with Crippen molar-refractivity contribution >= 4 is 29.1 Å². The Kier molecular flexibility index (Phi) is 6.82. The fourth-order valence-corrected chi connectivity index (χ4v) is 5.67. The summed E-state index contributed by atoms with van der Waals surface area (Å²) >= 11 is 1.59. The van der Waals surface area contributed by atoms with E-state index in [0.717, 1.165) is 23.4 Å². The van der Waals surface area contributed by atoms with Crippen LogP contribution in [0.15, 0.2) is 96.1 Å². The first kappa shape index (κ1) is 22.5. The summed E-state index contributed by atoms with van der Waals surface area (Å²) in [6, 6.07) is 27.7. The van der Waals surface area contributed by atoms with Crippen molar-refractivity contribution in [3.8, 4) is 0 Å². The van der Waals surface area contributed by atoms with Crippen LogP contribution in [0, 0.1) is 5.92 Å². The van der Waals surface area contributed by atoms with Crippen LogP contribution in [-0.2, 0) is 10.5 Å². The van der Waals surface area contributed by atoms with Crippen LogP contribution in [-0.4, -0.2) is 17.4 Å². The van der Waals surface area contributed by atoms with Crippen LogP contribution < -0.4 is 10.7 Å². The first-order valence-electron chi connectivity index (χ1n) is 11.8. The summed E-state index contributed by atoms with van der Waals surface area (Å²) in [5.41, 5.74) is 9.61. The zero-order chi connectivity index (χ0) is 23.3. The van der Waals surface area contributed by atoms with Crippen molar-refractivity contribution in [3.05, 3.63) is 113 Å². The normalized spacial score (nSPS) is 20.9. The topological polar surface area (TPSA) is 53.5 Å². The summed E-state index contributed by atoms with van der Waals surface area (Å²) in [4.78, 5) is 12.3. The highest BCUT2D eigenvalue weighted by molar-refractivity contribution is 7.99. The highest BCUT2D eigenvalue weighted by Gasteiger charge is 2.37. The lowest BCUT2D eigenvalue weighted by atomic mass is 9.76. The molecule has 0 bridgehead atoms. The number of hydrogen-bond acceptors (Lipinski definition) is 4. The molecule has 172 valence electrons. The van der Waals surface area contributed by atoms with Crippen molar-refractivity contribution in [2.24, 2.45) is 11.0 Å². The molecule has 5 heteroatoms. The van der Waals surface area contributed by atoms with E-state index in [1.54, 1.807) is 11.8 Å². The fourth-order valence-electron chi connectivity index (χ4n) is 4.89. The quantitative estimate of drug-likeness (QED) is 0.244. The fraction of sp³-hybridized carbons (Fsp3) is 0.241. The van der Waals surface area contributed by atoms with Crippen molar-refractivity contribution in [2.75, 3.05) is 11.1 Å². The second kappa shape index (κ2) is 10.3. The molecule has 4 nitrogen and oxygen atoms in total. The monoisotopic (exact) mass is 467 g/mol. The number of hydrogen-bond donors (Lipinski definition) is 2. The van der Waals surface area contributed by atoms with Crippen LogP contribution in [0.25, 0.3) is 0 Å². The van der Waals surface area contributed by atoms with Crippen molar-refractivity contribution < 1.29 is 4.79 Å². The van der Waals surface area contributed by atoms with Gasteiger partial charge in [0.25, 0.3) is 0 Å². The summed E-state index contributed by atoms with van der Waals surface area (Å²) in [5, 5.41) is 8.17. The highest BCUT2D eigenvalue weighted by atomic mass is 32.2. The lowest BCUT2D eigenvalue weighted by Gasteiger charge is -2.37. The SMILES string of the molecule is C/C(=N/NC(=O)CSCc1ccccc1)c1ccc2c(c1)[C@@H]1C=CC[C@@H]1[C@H](c1ccccc1)N2. The molecule has 3 atom stereocenters. The molecule has 0 spiro atoms. The van der Waals surface area contributed by atoms with Gasteiger partial charge >= 0.3 is 0 Å². The van der Waals surface area contributed by atoms with Gasteiger partial charge in [0, 0.05) is 17.4 Å². The van der Waals surface area contributed by atoms with Crippen LogP contribution in [0.2, 0.25) is 0 Å². The number of hydrazone groups is 1. The molecule has 0 saturated carbocycles. The molecule has 1 heterocycles. The molecule has 1 aliphatic heterocycles. The minimum atomic E-state index is -0.0793. The maximum atomic E-state index is 12.3. The first-order chi connectivity index (χ1) is 16.7. The van der Waals surface area contributed by atoms with Gasteiger partial charge in [0.2, 0.25) is 5.91 Å². The van der Waals surface area contributed by atoms with E-state index in [2.05, 4.69) is 88.7 Å². The van der Waals surface area contributed by atoms with Crippen molar-refractivity contribution in [1.29, 1.82) is 0 Å². The molecule has 3 aromatic carbocycles. The van der Waals surface area contributed by atoms with Gasteiger partial charge < -0.3 is 5.32 Å². The van der Waals surface area contributed by atoms with E-state index in [4.69, 9.17) is 0 Å². The summed E-state index contributed by atoms with van der Waals surface area (Å²) in [6.45, 7) is 1.95. The summed E-state index contributed by atoms with van der Waals surface area (Å²) in [7, 11) is 0. The Morgan fingerprint density at radius 1 is 1.06 bits per heavy atom. The number of thioether (sulfide) groups is 1. The largest absolute Gasteiger partial charge is 0.378 e. The van der Waals surface area contributed by atoms with Gasteiger partial charge in [-0.15, -0.1) is 11.8 Å². The van der Waals surface area contributed by atoms with Gasteiger partial charge in [-0.05, 0) is 53.6 Å². The number of amides is 1. The molecule has 3 aromatic rings. The Labute approximate surface area is 205 Å². The smallest absolute Gasteiger partial charge is 0.250 e. The number of carbonyl (C=O) groups is 1. The second-order valence-corrected chi connectivity index (χ2v) is 9.88. The van der Waals surface area contributed by atoms with E-state index in [1.807, 2.05) is 25.1 Å². The van der Waals surface area contributed by atoms with E-state index in [1.165, 1.54) is 22.4 Å². The van der Waals surface area contributed by atoms with E-state index >= 15 is 0 Å². The van der Waals surface area contributed by atoms with Crippen LogP contribution in [0.1, 0.15) is 47.6 Å². The average molecular weight is 468 g/mol. The molecule has 0 saturated heterocycles. The maximum absolute atomic E-state index is 12.3. The van der Waals surface area contributed by atoms with Gasteiger partial charge in [0.15, 0.2) is 0 Å². The Bertz CT molecular complexity index is 1210. The molecule has 0 fully saturated rings. The third-order valence-electron chi connectivity index (χ3n) is 6.63. The first-order valence-corrected chi connectivity index (χ1v) is 12.9. The van der Waals surface area contributed by atoms with Gasteiger partial charge in [-0.3, -0.25) is 4.79 Å². The zero-order valence-electron chi connectivity index (χ0n) is 19.3. The van der Waals surface area contributed by atoms with Crippen molar-refractivity contribution in [3.63, 3.8) is 0 Å². The van der Waals surface area contributed by atoms with Gasteiger partial charge in [-0.1, -0.05) is 78.9 Å². The van der Waals surface area contributed by atoms with E-state index in [0.29, 0.717) is 23.6 Å². The van der Waals surface area contributed by atoms with Crippen LogP contribution >= 0.6 is 11.8 Å². The summed E-state index contributed by atoms with van der Waals surface area (Å²) < 4.78 is 0. The molecule has 2 N–H and O–H groups in total. The molecule has 0 radical (unpaired) electrons. The number of anilines is 1. The molecule has 34 heavy (non-hydrogen) atoms. The Balaban J connectivity index is 1.25. The van der Waals surface area contributed by atoms with Gasteiger partial charge in [0.1, 0.15) is 0 Å². The number of carbonyl (C=O) groups excluding carboxylic acids is 1.